The summed E-state index contributed by atoms with van der Waals surface area (Å²) in [4.78, 5) is 12.1. The fraction of sp³-hybridized carbons (Fsp3) is 0.167. The van der Waals surface area contributed by atoms with E-state index in [0.29, 0.717) is 16.6 Å². The minimum Gasteiger partial charge on any atom is -0.303 e. The summed E-state index contributed by atoms with van der Waals surface area (Å²) in [5.74, 6) is -0.0497. The Labute approximate surface area is 150 Å². The van der Waals surface area contributed by atoms with Gasteiger partial charge in [0.25, 0.3) is 0 Å². The summed E-state index contributed by atoms with van der Waals surface area (Å²) in [6.07, 6.45) is 0.609. The fourth-order valence-corrected chi connectivity index (χ4v) is 3.49. The fourth-order valence-electron chi connectivity index (χ4n) is 2.32. The number of halogens is 1. The van der Waals surface area contributed by atoms with Crippen LogP contribution in [-0.2, 0) is 11.2 Å². The van der Waals surface area contributed by atoms with Crippen LogP contribution >= 0.6 is 23.4 Å². The van der Waals surface area contributed by atoms with E-state index in [-0.39, 0.29) is 11.2 Å². The van der Waals surface area contributed by atoms with Gasteiger partial charge >= 0.3 is 0 Å². The molecule has 1 fully saturated rings. The van der Waals surface area contributed by atoms with Crippen molar-refractivity contribution in [3.05, 3.63) is 70.7 Å². The third-order valence-corrected chi connectivity index (χ3v) is 4.88. The summed E-state index contributed by atoms with van der Waals surface area (Å²) in [5, 5.41) is 12.2. The zero-order chi connectivity index (χ0) is 16.9. The van der Waals surface area contributed by atoms with Gasteiger partial charge in [0.05, 0.1) is 11.0 Å². The molecule has 2 aromatic carbocycles. The van der Waals surface area contributed by atoms with Crippen molar-refractivity contribution in [3.63, 3.8) is 0 Å². The maximum Gasteiger partial charge on any atom is 0.239 e. The molecule has 1 heterocycles. The second-order valence-electron chi connectivity index (χ2n) is 5.39. The van der Waals surface area contributed by atoms with Crippen LogP contribution in [0.25, 0.3) is 0 Å². The van der Waals surface area contributed by atoms with Crippen molar-refractivity contribution in [2.75, 3.05) is 0 Å². The molecule has 3 rings (SSSR count). The van der Waals surface area contributed by atoms with E-state index in [1.807, 2.05) is 61.5 Å². The van der Waals surface area contributed by atoms with E-state index in [4.69, 9.17) is 11.6 Å². The molecule has 0 aromatic heterocycles. The normalized spacial score (nSPS) is 19.6. The Bertz CT molecular complexity index is 805. The summed E-state index contributed by atoms with van der Waals surface area (Å²) >= 11 is 7.39. The molecule has 24 heavy (non-hydrogen) atoms. The number of hydrogen-bond acceptors (Lipinski definition) is 4. The molecular weight excluding hydrogens is 342 g/mol. The molecule has 1 atom stereocenters. The molecule has 0 radical (unpaired) electrons. The van der Waals surface area contributed by atoms with Gasteiger partial charge in [0.2, 0.25) is 5.91 Å². The summed E-state index contributed by atoms with van der Waals surface area (Å²) in [6, 6.07) is 17.4. The first kappa shape index (κ1) is 16.7. The molecule has 122 valence electrons. The predicted octanol–water partition coefficient (Wildman–Crippen LogP) is 3.89. The minimum atomic E-state index is -0.213. The molecule has 1 aliphatic heterocycles. The van der Waals surface area contributed by atoms with Gasteiger partial charge in [0.15, 0.2) is 5.17 Å². The van der Waals surface area contributed by atoms with E-state index >= 15 is 0 Å². The van der Waals surface area contributed by atoms with Crippen molar-refractivity contribution in [3.8, 4) is 0 Å². The Balaban J connectivity index is 1.68. The number of benzene rings is 2. The Morgan fingerprint density at radius 1 is 1.21 bits per heavy atom. The van der Waals surface area contributed by atoms with E-state index in [1.165, 1.54) is 11.8 Å². The van der Waals surface area contributed by atoms with Gasteiger partial charge in [-0.25, -0.2) is 0 Å². The number of carbonyl (C=O) groups excluding carboxylic acids is 1. The highest BCUT2D eigenvalue weighted by Crippen LogP contribution is 2.24. The molecule has 0 unspecified atom stereocenters. The highest BCUT2D eigenvalue weighted by atomic mass is 35.5. The minimum absolute atomic E-state index is 0.0497. The average Bonchev–Trinajstić information content (AvgIpc) is 2.93. The zero-order valence-electron chi connectivity index (χ0n) is 13.1. The van der Waals surface area contributed by atoms with Crippen molar-refractivity contribution in [2.45, 2.75) is 18.6 Å². The molecule has 0 saturated carbocycles. The van der Waals surface area contributed by atoms with Gasteiger partial charge < -0.3 is 5.32 Å². The number of rotatable bonds is 4. The summed E-state index contributed by atoms with van der Waals surface area (Å²) in [5.41, 5.74) is 2.84. The van der Waals surface area contributed by atoms with E-state index in [0.717, 1.165) is 16.8 Å². The van der Waals surface area contributed by atoms with Crippen LogP contribution in [0.4, 0.5) is 0 Å². The average molecular weight is 358 g/mol. The largest absolute Gasteiger partial charge is 0.303 e. The van der Waals surface area contributed by atoms with E-state index in [1.54, 1.807) is 0 Å². The lowest BCUT2D eigenvalue weighted by molar-refractivity contribution is -0.118. The number of hydrogen-bond donors (Lipinski definition) is 1. The number of carbonyl (C=O) groups is 1. The van der Waals surface area contributed by atoms with Crippen LogP contribution in [0, 0.1) is 0 Å². The summed E-state index contributed by atoms with van der Waals surface area (Å²) in [7, 11) is 0. The van der Waals surface area contributed by atoms with Gasteiger partial charge in [-0.1, -0.05) is 65.8 Å². The Morgan fingerprint density at radius 2 is 2.00 bits per heavy atom. The monoisotopic (exact) mass is 357 g/mol. The van der Waals surface area contributed by atoms with E-state index in [2.05, 4.69) is 15.5 Å². The number of amidine groups is 1. The standard InChI is InChI=1S/C18H16ClN3OS/c1-12(14-7-3-2-4-8-14)21-22-18-20-17(23)16(24-18)11-13-6-5-9-15(19)10-13/h2-10,16H,11H2,1H3,(H,20,22,23)/b21-12-/t16-/m1/s1. The maximum atomic E-state index is 12.1. The molecule has 0 aliphatic carbocycles. The first-order chi connectivity index (χ1) is 11.6. The number of amides is 1. The molecular formula is C18H16ClN3OS. The SMILES string of the molecule is C/C(=N/N=C1/NC(=O)[C@@H](Cc2cccc(Cl)c2)S1)c1ccccc1. The first-order valence-electron chi connectivity index (χ1n) is 7.51. The van der Waals surface area contributed by atoms with Gasteiger partial charge in [-0.15, -0.1) is 5.10 Å². The third kappa shape index (κ3) is 4.24. The van der Waals surface area contributed by atoms with Crippen LogP contribution in [0.15, 0.2) is 64.8 Å². The molecule has 1 saturated heterocycles. The predicted molar refractivity (Wildman–Crippen MR) is 101 cm³/mol. The van der Waals surface area contributed by atoms with Crippen molar-refractivity contribution in [1.82, 2.24) is 5.32 Å². The highest BCUT2D eigenvalue weighted by Gasteiger charge is 2.30. The Morgan fingerprint density at radius 3 is 2.75 bits per heavy atom. The van der Waals surface area contributed by atoms with Gasteiger partial charge in [0, 0.05) is 5.02 Å². The molecule has 2 aromatic rings. The van der Waals surface area contributed by atoms with Crippen molar-refractivity contribution in [2.24, 2.45) is 10.2 Å². The molecule has 1 N–H and O–H groups in total. The van der Waals surface area contributed by atoms with Crippen LogP contribution < -0.4 is 5.32 Å². The van der Waals surface area contributed by atoms with Gasteiger partial charge in [-0.2, -0.15) is 5.10 Å². The topological polar surface area (TPSA) is 53.8 Å². The van der Waals surface area contributed by atoms with E-state index < -0.39 is 0 Å². The van der Waals surface area contributed by atoms with E-state index in [9.17, 15) is 4.79 Å². The molecule has 4 nitrogen and oxygen atoms in total. The molecule has 1 aliphatic rings. The highest BCUT2D eigenvalue weighted by molar-refractivity contribution is 8.15. The van der Waals surface area contributed by atoms with Gasteiger partial charge in [-0.3, -0.25) is 4.79 Å². The van der Waals surface area contributed by atoms with Crippen LogP contribution in [0.3, 0.4) is 0 Å². The molecule has 0 bridgehead atoms. The quantitative estimate of drug-likeness (QED) is 0.666. The second-order valence-corrected chi connectivity index (χ2v) is 7.01. The third-order valence-electron chi connectivity index (χ3n) is 3.57. The number of nitrogens with zero attached hydrogens (tertiary/aromatic N) is 2. The number of thioether (sulfide) groups is 1. The summed E-state index contributed by atoms with van der Waals surface area (Å²) < 4.78 is 0. The lowest BCUT2D eigenvalue weighted by atomic mass is 10.1. The van der Waals surface area contributed by atoms with Crippen molar-refractivity contribution in [1.29, 1.82) is 0 Å². The smallest absolute Gasteiger partial charge is 0.239 e. The van der Waals surface area contributed by atoms with Gasteiger partial charge in [0.1, 0.15) is 0 Å². The van der Waals surface area contributed by atoms with Crippen LogP contribution in [-0.4, -0.2) is 22.0 Å². The van der Waals surface area contributed by atoms with Crippen LogP contribution in [0.1, 0.15) is 18.1 Å². The lowest BCUT2D eigenvalue weighted by Gasteiger charge is -2.05. The van der Waals surface area contributed by atoms with Crippen molar-refractivity contribution >= 4 is 40.1 Å². The number of nitrogens with one attached hydrogen (secondary N) is 1. The van der Waals surface area contributed by atoms with Gasteiger partial charge in [-0.05, 0) is 36.6 Å². The van der Waals surface area contributed by atoms with Crippen LogP contribution in [0.5, 0.6) is 0 Å². The zero-order valence-corrected chi connectivity index (χ0v) is 14.6. The second kappa shape index (κ2) is 7.64. The van der Waals surface area contributed by atoms with Crippen molar-refractivity contribution < 1.29 is 4.79 Å². The first-order valence-corrected chi connectivity index (χ1v) is 8.77. The molecule has 1 amide bonds. The lowest BCUT2D eigenvalue weighted by Crippen LogP contribution is -2.25. The molecule has 0 spiro atoms. The Hall–Kier alpha value is -2.11. The molecule has 6 heteroatoms. The Kier molecular flexibility index (Phi) is 5.33. The van der Waals surface area contributed by atoms with Crippen LogP contribution in [0.2, 0.25) is 5.02 Å². The maximum absolute atomic E-state index is 12.1. The summed E-state index contributed by atoms with van der Waals surface area (Å²) in [6.45, 7) is 1.89.